The molecular formula is C28H28ClFN2O5S. The van der Waals surface area contributed by atoms with E-state index in [1.165, 1.54) is 38.1 Å². The molecule has 1 aliphatic heterocycles. The lowest BCUT2D eigenvalue weighted by atomic mass is 9.77. The number of carbonyl (C=O) groups is 2. The number of hydrogen-bond acceptors (Lipinski definition) is 5. The highest BCUT2D eigenvalue weighted by Gasteiger charge is 2.54. The lowest BCUT2D eigenvalue weighted by Gasteiger charge is -2.26. The fourth-order valence-corrected chi connectivity index (χ4v) is 6.27. The Kier molecular flexibility index (Phi) is 7.29. The van der Waals surface area contributed by atoms with Crippen molar-refractivity contribution >= 4 is 39.1 Å². The zero-order valence-electron chi connectivity index (χ0n) is 21.4. The first-order valence-corrected chi connectivity index (χ1v) is 13.8. The summed E-state index contributed by atoms with van der Waals surface area (Å²) in [5, 5.41) is 2.87. The topological polar surface area (TPSA) is 92.8 Å². The summed E-state index contributed by atoms with van der Waals surface area (Å²) in [5.41, 5.74) is -1.24. The van der Waals surface area contributed by atoms with E-state index in [0.717, 1.165) is 4.31 Å². The van der Waals surface area contributed by atoms with Gasteiger partial charge in [0.15, 0.2) is 0 Å². The molecule has 3 aromatic rings. The molecule has 10 heteroatoms. The van der Waals surface area contributed by atoms with E-state index in [4.69, 9.17) is 16.3 Å². The standard InChI is InChI=1S/C28H28ClFN2O5S/c1-5-37-19-12-15-24-22(16-19)28(4,21-8-6-7-9-23(21)29)26(34)32(24)38(35,36)20-13-10-18(11-14-20)25(33)31-27(2,3)17-30/h6-16H,5,17H2,1-4H3,(H,31,33). The zero-order chi connectivity index (χ0) is 27.9. The maximum atomic E-state index is 14.0. The lowest BCUT2D eigenvalue weighted by molar-refractivity contribution is -0.120. The highest BCUT2D eigenvalue weighted by molar-refractivity contribution is 7.93. The fourth-order valence-electron chi connectivity index (χ4n) is 4.44. The van der Waals surface area contributed by atoms with Crippen LogP contribution in [0.1, 0.15) is 49.2 Å². The number of anilines is 1. The maximum Gasteiger partial charge on any atom is 0.270 e. The predicted octanol–water partition coefficient (Wildman–Crippen LogP) is 5.26. The van der Waals surface area contributed by atoms with E-state index >= 15 is 0 Å². The number of carbonyl (C=O) groups excluding carboxylic acids is 2. The number of nitrogens with zero attached hydrogens (tertiary/aromatic N) is 1. The van der Waals surface area contributed by atoms with Crippen molar-refractivity contribution in [3.63, 3.8) is 0 Å². The molecule has 0 saturated heterocycles. The highest BCUT2D eigenvalue weighted by Crippen LogP contribution is 2.50. The minimum absolute atomic E-state index is 0.154. The third kappa shape index (κ3) is 4.65. The van der Waals surface area contributed by atoms with Gasteiger partial charge in [-0.1, -0.05) is 29.8 Å². The van der Waals surface area contributed by atoms with Crippen LogP contribution in [0, 0.1) is 0 Å². The number of fused-ring (bicyclic) bond motifs is 1. The summed E-state index contributed by atoms with van der Waals surface area (Å²) in [6, 6.07) is 16.8. The van der Waals surface area contributed by atoms with Crippen molar-refractivity contribution in [3.05, 3.63) is 88.4 Å². The summed E-state index contributed by atoms with van der Waals surface area (Å²) in [7, 11) is -4.39. The Labute approximate surface area is 226 Å². The summed E-state index contributed by atoms with van der Waals surface area (Å²) in [6.07, 6.45) is 0. The van der Waals surface area contributed by atoms with Crippen LogP contribution >= 0.6 is 11.6 Å². The number of ether oxygens (including phenoxy) is 1. The van der Waals surface area contributed by atoms with Gasteiger partial charge in [0.2, 0.25) is 0 Å². The van der Waals surface area contributed by atoms with E-state index in [1.54, 1.807) is 49.4 Å². The Hall–Kier alpha value is -3.43. The van der Waals surface area contributed by atoms with E-state index < -0.39 is 39.5 Å². The summed E-state index contributed by atoms with van der Waals surface area (Å²) in [6.45, 7) is 6.16. The maximum absolute atomic E-state index is 14.0. The highest BCUT2D eigenvalue weighted by atomic mass is 35.5. The van der Waals surface area contributed by atoms with Gasteiger partial charge in [-0.3, -0.25) is 9.59 Å². The second-order valence-electron chi connectivity index (χ2n) is 9.79. The molecule has 1 aliphatic rings. The predicted molar refractivity (Wildman–Crippen MR) is 144 cm³/mol. The molecular weight excluding hydrogens is 531 g/mol. The van der Waals surface area contributed by atoms with Gasteiger partial charge in [-0.2, -0.15) is 0 Å². The average Bonchev–Trinajstić information content (AvgIpc) is 3.11. The van der Waals surface area contributed by atoms with Crippen LogP contribution in [0.25, 0.3) is 0 Å². The van der Waals surface area contributed by atoms with Crippen molar-refractivity contribution < 1.29 is 27.1 Å². The van der Waals surface area contributed by atoms with Crippen LogP contribution in [0.5, 0.6) is 5.75 Å². The average molecular weight is 559 g/mol. The summed E-state index contributed by atoms with van der Waals surface area (Å²) < 4.78 is 47.3. The Morgan fingerprint density at radius 1 is 1.08 bits per heavy atom. The Morgan fingerprint density at radius 2 is 1.74 bits per heavy atom. The number of hydrogen-bond donors (Lipinski definition) is 1. The van der Waals surface area contributed by atoms with Gasteiger partial charge in [-0.15, -0.1) is 0 Å². The molecule has 3 aromatic carbocycles. The Balaban J connectivity index is 1.80. The van der Waals surface area contributed by atoms with Gasteiger partial charge in [-0.05, 0) is 81.8 Å². The second kappa shape index (κ2) is 10.0. The second-order valence-corrected chi connectivity index (χ2v) is 12.0. The number of rotatable bonds is 8. The Morgan fingerprint density at radius 3 is 2.34 bits per heavy atom. The molecule has 0 fully saturated rings. The van der Waals surface area contributed by atoms with E-state index in [1.807, 2.05) is 6.92 Å². The van der Waals surface area contributed by atoms with Crippen molar-refractivity contribution in [1.82, 2.24) is 5.32 Å². The first-order chi connectivity index (χ1) is 17.9. The van der Waals surface area contributed by atoms with Crippen LogP contribution in [0.3, 0.4) is 0 Å². The molecule has 0 aromatic heterocycles. The summed E-state index contributed by atoms with van der Waals surface area (Å²) in [4.78, 5) is 26.3. The van der Waals surface area contributed by atoms with Gasteiger partial charge < -0.3 is 10.1 Å². The van der Waals surface area contributed by atoms with Crippen molar-refractivity contribution in [2.75, 3.05) is 17.6 Å². The van der Waals surface area contributed by atoms with Gasteiger partial charge in [0.1, 0.15) is 17.8 Å². The van der Waals surface area contributed by atoms with Gasteiger partial charge in [0, 0.05) is 16.1 Å². The first-order valence-electron chi connectivity index (χ1n) is 12.0. The van der Waals surface area contributed by atoms with Crippen LogP contribution < -0.4 is 14.4 Å². The number of alkyl halides is 1. The van der Waals surface area contributed by atoms with Gasteiger partial charge in [0.25, 0.3) is 21.8 Å². The van der Waals surface area contributed by atoms with E-state index in [-0.39, 0.29) is 16.1 Å². The number of nitrogens with one attached hydrogen (secondary N) is 1. The fraction of sp³-hybridized carbons (Fsp3) is 0.286. The van der Waals surface area contributed by atoms with E-state index in [2.05, 4.69) is 5.32 Å². The van der Waals surface area contributed by atoms with Gasteiger partial charge in [-0.25, -0.2) is 17.1 Å². The van der Waals surface area contributed by atoms with Crippen molar-refractivity contribution in [2.45, 2.75) is 43.5 Å². The zero-order valence-corrected chi connectivity index (χ0v) is 23.0. The van der Waals surface area contributed by atoms with E-state index in [9.17, 15) is 22.4 Å². The molecule has 0 bridgehead atoms. The summed E-state index contributed by atoms with van der Waals surface area (Å²) in [5.74, 6) is -0.752. The molecule has 1 atom stereocenters. The van der Waals surface area contributed by atoms with Gasteiger partial charge in [0.05, 0.1) is 22.7 Å². The van der Waals surface area contributed by atoms with Gasteiger partial charge >= 0.3 is 0 Å². The molecule has 38 heavy (non-hydrogen) atoms. The number of benzene rings is 3. The van der Waals surface area contributed by atoms with Crippen LogP contribution in [-0.4, -0.2) is 39.1 Å². The number of halogens is 2. The van der Waals surface area contributed by atoms with E-state index in [0.29, 0.717) is 28.5 Å². The van der Waals surface area contributed by atoms with Crippen LogP contribution in [0.4, 0.5) is 10.1 Å². The van der Waals surface area contributed by atoms with Crippen LogP contribution in [-0.2, 0) is 20.2 Å². The molecule has 7 nitrogen and oxygen atoms in total. The van der Waals surface area contributed by atoms with Crippen LogP contribution in [0.15, 0.2) is 71.6 Å². The Bertz CT molecular complexity index is 1510. The van der Waals surface area contributed by atoms with Crippen molar-refractivity contribution in [2.24, 2.45) is 0 Å². The monoisotopic (exact) mass is 558 g/mol. The molecule has 0 radical (unpaired) electrons. The molecule has 1 N–H and O–H groups in total. The lowest BCUT2D eigenvalue weighted by Crippen LogP contribution is -2.45. The largest absolute Gasteiger partial charge is 0.494 e. The molecule has 0 aliphatic carbocycles. The number of amides is 2. The smallest absolute Gasteiger partial charge is 0.270 e. The SMILES string of the molecule is CCOc1ccc2c(c1)C(C)(c1ccccc1Cl)C(=O)N2S(=O)(=O)c1ccc(C(=O)NC(C)(C)CF)cc1. The third-order valence-electron chi connectivity index (χ3n) is 6.50. The van der Waals surface area contributed by atoms with Crippen LogP contribution in [0.2, 0.25) is 5.02 Å². The minimum Gasteiger partial charge on any atom is -0.494 e. The first kappa shape index (κ1) is 27.6. The minimum atomic E-state index is -4.39. The van der Waals surface area contributed by atoms with Crippen molar-refractivity contribution in [3.8, 4) is 5.75 Å². The molecule has 200 valence electrons. The third-order valence-corrected chi connectivity index (χ3v) is 8.54. The molecule has 2 amide bonds. The molecule has 4 rings (SSSR count). The number of sulfonamides is 1. The molecule has 1 heterocycles. The molecule has 0 saturated carbocycles. The normalized spacial score (nSPS) is 17.3. The van der Waals surface area contributed by atoms with Crippen molar-refractivity contribution in [1.29, 1.82) is 0 Å². The molecule has 1 unspecified atom stereocenters. The molecule has 0 spiro atoms. The summed E-state index contributed by atoms with van der Waals surface area (Å²) >= 11 is 6.50. The quantitative estimate of drug-likeness (QED) is 0.407.